The number of hydrogen-bond acceptors (Lipinski definition) is 4. The van der Waals surface area contributed by atoms with Crippen LogP contribution >= 0.6 is 11.8 Å². The van der Waals surface area contributed by atoms with E-state index in [1.807, 2.05) is 30.3 Å². The molecule has 0 aromatic heterocycles. The Morgan fingerprint density at radius 3 is 2.55 bits per heavy atom. The van der Waals surface area contributed by atoms with E-state index in [4.69, 9.17) is 9.84 Å². The summed E-state index contributed by atoms with van der Waals surface area (Å²) in [5.74, 6) is -0.998. The van der Waals surface area contributed by atoms with E-state index in [1.54, 1.807) is 12.3 Å². The fourth-order valence-corrected chi connectivity index (χ4v) is 2.44. The molecular formula is C16H15NO4S. The number of carbonyl (C=O) groups is 2. The van der Waals surface area contributed by atoms with Crippen molar-refractivity contribution in [3.05, 3.63) is 59.7 Å². The average Bonchev–Trinajstić information content (AvgIpc) is 2.53. The number of nitrogens with one attached hydrogen (secondary N) is 1. The fraction of sp³-hybridized carbons (Fsp3) is 0.125. The summed E-state index contributed by atoms with van der Waals surface area (Å²) >= 11 is 1.30. The quantitative estimate of drug-likeness (QED) is 0.819. The number of ether oxygens (including phenoxy) is 1. The van der Waals surface area contributed by atoms with E-state index in [9.17, 15) is 9.59 Å². The standard InChI is InChI=1S/C16H15NO4S/c1-22-14-9-12(7-8-13(14)15(18)19)17-16(20)21-10-11-5-3-2-4-6-11/h2-9H,10H2,1H3,(H,17,20)(H,18,19). The van der Waals surface area contributed by atoms with Gasteiger partial charge in [0.15, 0.2) is 0 Å². The van der Waals surface area contributed by atoms with Crippen LogP contribution in [0.1, 0.15) is 15.9 Å². The second-order valence-electron chi connectivity index (χ2n) is 4.41. The van der Waals surface area contributed by atoms with E-state index < -0.39 is 12.1 Å². The van der Waals surface area contributed by atoms with Crippen molar-refractivity contribution in [1.29, 1.82) is 0 Å². The van der Waals surface area contributed by atoms with Gasteiger partial charge in [-0.3, -0.25) is 5.32 Å². The molecule has 0 aliphatic carbocycles. The highest BCUT2D eigenvalue weighted by Crippen LogP contribution is 2.24. The molecule has 0 spiro atoms. The first-order valence-electron chi connectivity index (χ1n) is 6.49. The lowest BCUT2D eigenvalue weighted by molar-refractivity contribution is 0.0693. The topological polar surface area (TPSA) is 75.6 Å². The van der Waals surface area contributed by atoms with Crippen LogP contribution in [-0.2, 0) is 11.3 Å². The van der Waals surface area contributed by atoms with Crippen LogP contribution in [0, 0.1) is 0 Å². The third kappa shape index (κ3) is 4.26. The maximum absolute atomic E-state index is 11.7. The largest absolute Gasteiger partial charge is 0.478 e. The molecule has 0 saturated carbocycles. The number of benzene rings is 2. The van der Waals surface area contributed by atoms with Crippen LogP contribution in [0.3, 0.4) is 0 Å². The van der Waals surface area contributed by atoms with Crippen LogP contribution in [-0.4, -0.2) is 23.4 Å². The Bertz CT molecular complexity index is 673. The molecule has 5 nitrogen and oxygen atoms in total. The van der Waals surface area contributed by atoms with Gasteiger partial charge < -0.3 is 9.84 Å². The van der Waals surface area contributed by atoms with Gasteiger partial charge in [-0.05, 0) is 30.0 Å². The van der Waals surface area contributed by atoms with Crippen LogP contribution in [0.25, 0.3) is 0 Å². The van der Waals surface area contributed by atoms with E-state index in [-0.39, 0.29) is 12.2 Å². The van der Waals surface area contributed by atoms with Crippen molar-refractivity contribution in [3.63, 3.8) is 0 Å². The molecule has 0 fully saturated rings. The van der Waals surface area contributed by atoms with Crippen LogP contribution in [0.2, 0.25) is 0 Å². The molecule has 0 heterocycles. The van der Waals surface area contributed by atoms with Crippen molar-refractivity contribution < 1.29 is 19.4 Å². The zero-order valence-electron chi connectivity index (χ0n) is 11.9. The van der Waals surface area contributed by atoms with E-state index in [1.165, 1.54) is 23.9 Å². The highest BCUT2D eigenvalue weighted by atomic mass is 32.2. The molecule has 2 aromatic rings. The van der Waals surface area contributed by atoms with E-state index >= 15 is 0 Å². The fourth-order valence-electron chi connectivity index (χ4n) is 1.82. The summed E-state index contributed by atoms with van der Waals surface area (Å²) in [5.41, 5.74) is 1.59. The minimum Gasteiger partial charge on any atom is -0.478 e. The highest BCUT2D eigenvalue weighted by Gasteiger charge is 2.11. The number of carboxylic acid groups (broad SMARTS) is 1. The predicted molar refractivity (Wildman–Crippen MR) is 85.4 cm³/mol. The Morgan fingerprint density at radius 2 is 1.91 bits per heavy atom. The van der Waals surface area contributed by atoms with Crippen LogP contribution in [0.4, 0.5) is 10.5 Å². The first-order valence-corrected chi connectivity index (χ1v) is 7.71. The Hall–Kier alpha value is -2.47. The van der Waals surface area contributed by atoms with E-state index in [2.05, 4.69) is 5.32 Å². The van der Waals surface area contributed by atoms with Gasteiger partial charge >= 0.3 is 12.1 Å². The Labute approximate surface area is 132 Å². The molecule has 0 unspecified atom stereocenters. The number of aromatic carboxylic acids is 1. The summed E-state index contributed by atoms with van der Waals surface area (Å²) in [4.78, 5) is 23.4. The van der Waals surface area contributed by atoms with Gasteiger partial charge in [-0.15, -0.1) is 11.8 Å². The summed E-state index contributed by atoms with van der Waals surface area (Å²) in [6.07, 6.45) is 1.19. The molecule has 22 heavy (non-hydrogen) atoms. The minimum absolute atomic E-state index is 0.176. The summed E-state index contributed by atoms with van der Waals surface area (Å²) in [6.45, 7) is 0.176. The zero-order chi connectivity index (χ0) is 15.9. The monoisotopic (exact) mass is 317 g/mol. The molecule has 0 radical (unpaired) electrons. The third-order valence-electron chi connectivity index (χ3n) is 2.89. The van der Waals surface area contributed by atoms with Crippen molar-refractivity contribution in [2.45, 2.75) is 11.5 Å². The molecule has 0 aliphatic rings. The molecule has 2 aromatic carbocycles. The molecule has 2 rings (SSSR count). The number of carboxylic acids is 1. The van der Waals surface area contributed by atoms with Gasteiger partial charge in [0, 0.05) is 10.6 Å². The maximum atomic E-state index is 11.7. The van der Waals surface area contributed by atoms with Crippen molar-refractivity contribution in [2.75, 3.05) is 11.6 Å². The number of hydrogen-bond donors (Lipinski definition) is 2. The maximum Gasteiger partial charge on any atom is 0.411 e. The molecule has 114 valence electrons. The van der Waals surface area contributed by atoms with Gasteiger partial charge in [0.1, 0.15) is 6.61 Å². The lowest BCUT2D eigenvalue weighted by Gasteiger charge is -2.09. The smallest absolute Gasteiger partial charge is 0.411 e. The third-order valence-corrected chi connectivity index (χ3v) is 3.67. The first-order chi connectivity index (χ1) is 10.6. The summed E-state index contributed by atoms with van der Waals surface area (Å²) in [6, 6.07) is 13.9. The van der Waals surface area contributed by atoms with Gasteiger partial charge in [-0.2, -0.15) is 0 Å². The Morgan fingerprint density at radius 1 is 1.18 bits per heavy atom. The normalized spacial score (nSPS) is 10.0. The number of amides is 1. The molecule has 1 amide bonds. The Kier molecular flexibility index (Phi) is 5.43. The summed E-state index contributed by atoms with van der Waals surface area (Å²) in [7, 11) is 0. The second kappa shape index (κ2) is 7.51. The molecule has 0 aliphatic heterocycles. The molecule has 0 atom stereocenters. The molecule has 2 N–H and O–H groups in total. The predicted octanol–water partition coefficient (Wildman–Crippen LogP) is 3.86. The van der Waals surface area contributed by atoms with Gasteiger partial charge in [-0.25, -0.2) is 9.59 Å². The number of carbonyl (C=O) groups excluding carboxylic acids is 1. The van der Waals surface area contributed by atoms with Gasteiger partial charge in [0.05, 0.1) is 5.56 Å². The SMILES string of the molecule is CSc1cc(NC(=O)OCc2ccccc2)ccc1C(=O)O. The average molecular weight is 317 g/mol. The molecule has 0 bridgehead atoms. The van der Waals surface area contributed by atoms with E-state index in [0.29, 0.717) is 10.6 Å². The van der Waals surface area contributed by atoms with Crippen LogP contribution in [0.15, 0.2) is 53.4 Å². The van der Waals surface area contributed by atoms with Crippen molar-refractivity contribution in [2.24, 2.45) is 0 Å². The van der Waals surface area contributed by atoms with Crippen molar-refractivity contribution >= 4 is 29.5 Å². The van der Waals surface area contributed by atoms with Crippen molar-refractivity contribution in [1.82, 2.24) is 0 Å². The van der Waals surface area contributed by atoms with Crippen molar-refractivity contribution in [3.8, 4) is 0 Å². The number of anilines is 1. The molecule has 0 saturated heterocycles. The summed E-state index contributed by atoms with van der Waals surface area (Å²) < 4.78 is 5.11. The second-order valence-corrected chi connectivity index (χ2v) is 5.26. The lowest BCUT2D eigenvalue weighted by Crippen LogP contribution is -2.13. The van der Waals surface area contributed by atoms with Crippen LogP contribution < -0.4 is 5.32 Å². The summed E-state index contributed by atoms with van der Waals surface area (Å²) in [5, 5.41) is 11.6. The van der Waals surface area contributed by atoms with Crippen LogP contribution in [0.5, 0.6) is 0 Å². The molecule has 6 heteroatoms. The highest BCUT2D eigenvalue weighted by molar-refractivity contribution is 7.98. The van der Waals surface area contributed by atoms with E-state index in [0.717, 1.165) is 5.56 Å². The van der Waals surface area contributed by atoms with Gasteiger partial charge in [-0.1, -0.05) is 30.3 Å². The number of rotatable bonds is 5. The Balaban J connectivity index is 1.98. The van der Waals surface area contributed by atoms with Gasteiger partial charge in [0.25, 0.3) is 0 Å². The zero-order valence-corrected chi connectivity index (χ0v) is 12.7. The first kappa shape index (κ1) is 15.9. The number of thioether (sulfide) groups is 1. The molecular weight excluding hydrogens is 302 g/mol. The minimum atomic E-state index is -0.998. The van der Waals surface area contributed by atoms with Gasteiger partial charge in [0.2, 0.25) is 0 Å². The lowest BCUT2D eigenvalue weighted by atomic mass is 10.2.